The molecule has 0 bridgehead atoms. The molecule has 0 fully saturated rings. The van der Waals surface area contributed by atoms with Crippen LogP contribution in [0.25, 0.3) is 11.4 Å². The van der Waals surface area contributed by atoms with E-state index in [2.05, 4.69) is 19.8 Å². The number of benzene rings is 1. The van der Waals surface area contributed by atoms with Gasteiger partial charge in [-0.25, -0.2) is 0 Å². The number of rotatable bonds is 3. The number of nitrogens with zero attached hydrogens (tertiary/aromatic N) is 3. The molecule has 0 atom stereocenters. The highest BCUT2D eigenvalue weighted by molar-refractivity contribution is 6.07. The van der Waals surface area contributed by atoms with Gasteiger partial charge < -0.3 is 9.05 Å². The summed E-state index contributed by atoms with van der Waals surface area (Å²) >= 11 is 0. The van der Waals surface area contributed by atoms with E-state index >= 15 is 0 Å². The summed E-state index contributed by atoms with van der Waals surface area (Å²) in [6, 6.07) is 7.19. The summed E-state index contributed by atoms with van der Waals surface area (Å²) in [5.41, 5.74) is 1.15. The molecule has 3 rings (SSSR count). The molecule has 118 valence electrons. The van der Waals surface area contributed by atoms with Crippen LogP contribution in [0.2, 0.25) is 0 Å². The van der Waals surface area contributed by atoms with Gasteiger partial charge in [0.25, 0.3) is 0 Å². The van der Waals surface area contributed by atoms with E-state index < -0.39 is 12.1 Å². The fraction of sp³-hybridized carbons (Fsp3) is 0.143. The van der Waals surface area contributed by atoms with Crippen LogP contribution in [0.4, 0.5) is 13.2 Å². The first-order chi connectivity index (χ1) is 10.8. The predicted molar refractivity (Wildman–Crippen MR) is 69.4 cm³/mol. The van der Waals surface area contributed by atoms with Gasteiger partial charge in [-0.3, -0.25) is 4.79 Å². The Bertz CT molecular complexity index is 850. The van der Waals surface area contributed by atoms with E-state index in [1.54, 1.807) is 6.92 Å². The Morgan fingerprint density at radius 1 is 1.09 bits per heavy atom. The van der Waals surface area contributed by atoms with Gasteiger partial charge in [-0.15, -0.1) is 0 Å². The molecule has 0 N–H and O–H groups in total. The van der Waals surface area contributed by atoms with E-state index in [1.807, 2.05) is 0 Å². The van der Waals surface area contributed by atoms with Gasteiger partial charge in [0.2, 0.25) is 17.4 Å². The van der Waals surface area contributed by atoms with Crippen molar-refractivity contribution in [3.63, 3.8) is 0 Å². The van der Waals surface area contributed by atoms with Crippen LogP contribution in [-0.2, 0) is 6.18 Å². The Morgan fingerprint density at radius 2 is 1.78 bits per heavy atom. The Morgan fingerprint density at radius 3 is 2.30 bits per heavy atom. The molecule has 0 saturated carbocycles. The lowest BCUT2D eigenvalue weighted by Gasteiger charge is -1.99. The van der Waals surface area contributed by atoms with Crippen molar-refractivity contribution in [1.82, 2.24) is 15.3 Å². The average Bonchev–Trinajstić information content (AvgIpc) is 3.15. The van der Waals surface area contributed by atoms with Crippen LogP contribution in [0.15, 0.2) is 39.4 Å². The molecule has 0 saturated heterocycles. The van der Waals surface area contributed by atoms with Gasteiger partial charge in [0.1, 0.15) is 0 Å². The largest absolute Gasteiger partial charge is 0.471 e. The summed E-state index contributed by atoms with van der Waals surface area (Å²) in [6.45, 7) is 1.68. The maximum Gasteiger partial charge on any atom is 0.471 e. The predicted octanol–water partition coefficient (Wildman–Crippen LogP) is 3.28. The number of ketones is 1. The molecule has 2 heterocycles. The smallest absolute Gasteiger partial charge is 0.352 e. The summed E-state index contributed by atoms with van der Waals surface area (Å²) < 4.78 is 46.3. The number of hydrogen-bond donors (Lipinski definition) is 0. The van der Waals surface area contributed by atoms with Crippen LogP contribution in [-0.4, -0.2) is 21.1 Å². The lowest BCUT2D eigenvalue weighted by molar-refractivity contribution is -0.159. The standard InChI is InChI=1S/C14H8F3N3O3/c1-7-6-10(22-19-7)11(21)8-2-4-9(5-3-8)12-18-13(23-20-12)14(15,16)17/h2-6H,1H3. The molecular weight excluding hydrogens is 315 g/mol. The number of halogens is 3. The number of carbonyl (C=O) groups excluding carboxylic acids is 1. The van der Waals surface area contributed by atoms with E-state index in [4.69, 9.17) is 4.52 Å². The van der Waals surface area contributed by atoms with Crippen molar-refractivity contribution in [2.75, 3.05) is 0 Å². The minimum Gasteiger partial charge on any atom is -0.352 e. The summed E-state index contributed by atoms with van der Waals surface area (Å²) in [5.74, 6) is -1.95. The third kappa shape index (κ3) is 2.98. The fourth-order valence-corrected chi connectivity index (χ4v) is 1.84. The second kappa shape index (κ2) is 5.34. The van der Waals surface area contributed by atoms with Crippen LogP contribution in [0.5, 0.6) is 0 Å². The molecule has 23 heavy (non-hydrogen) atoms. The quantitative estimate of drug-likeness (QED) is 0.688. The van der Waals surface area contributed by atoms with Crippen molar-refractivity contribution in [1.29, 1.82) is 0 Å². The van der Waals surface area contributed by atoms with E-state index in [0.29, 0.717) is 11.3 Å². The molecule has 0 amide bonds. The van der Waals surface area contributed by atoms with Crippen LogP contribution in [0.1, 0.15) is 27.7 Å². The molecule has 1 aromatic carbocycles. The van der Waals surface area contributed by atoms with Gasteiger partial charge >= 0.3 is 12.1 Å². The van der Waals surface area contributed by atoms with E-state index in [0.717, 1.165) is 0 Å². The Kier molecular flexibility index (Phi) is 3.47. The summed E-state index contributed by atoms with van der Waals surface area (Å²) in [5, 5.41) is 6.89. The van der Waals surface area contributed by atoms with Crippen molar-refractivity contribution in [2.24, 2.45) is 0 Å². The van der Waals surface area contributed by atoms with Crippen molar-refractivity contribution >= 4 is 5.78 Å². The monoisotopic (exact) mass is 323 g/mol. The first-order valence-electron chi connectivity index (χ1n) is 6.34. The summed E-state index contributed by atoms with van der Waals surface area (Å²) in [6.07, 6.45) is -4.70. The number of hydrogen-bond acceptors (Lipinski definition) is 6. The lowest BCUT2D eigenvalue weighted by atomic mass is 10.1. The third-order valence-corrected chi connectivity index (χ3v) is 2.93. The molecule has 3 aromatic rings. The van der Waals surface area contributed by atoms with Crippen molar-refractivity contribution < 1.29 is 27.0 Å². The molecular formula is C14H8F3N3O3. The molecule has 9 heteroatoms. The Balaban J connectivity index is 1.85. The molecule has 0 aliphatic carbocycles. The van der Waals surface area contributed by atoms with Gasteiger partial charge in [-0.05, 0) is 6.92 Å². The van der Waals surface area contributed by atoms with Gasteiger partial charge in [0.15, 0.2) is 0 Å². The third-order valence-electron chi connectivity index (χ3n) is 2.93. The minimum atomic E-state index is -4.70. The molecule has 0 radical (unpaired) electrons. The normalized spacial score (nSPS) is 11.7. The van der Waals surface area contributed by atoms with Crippen LogP contribution < -0.4 is 0 Å². The van der Waals surface area contributed by atoms with Gasteiger partial charge in [0.05, 0.1) is 5.69 Å². The average molecular weight is 323 g/mol. The number of carbonyl (C=O) groups is 1. The summed E-state index contributed by atoms with van der Waals surface area (Å²) in [7, 11) is 0. The van der Waals surface area contributed by atoms with Gasteiger partial charge in [0, 0.05) is 17.2 Å². The van der Waals surface area contributed by atoms with Gasteiger partial charge in [-0.2, -0.15) is 18.2 Å². The second-order valence-corrected chi connectivity index (χ2v) is 4.66. The second-order valence-electron chi connectivity index (χ2n) is 4.66. The zero-order valence-electron chi connectivity index (χ0n) is 11.6. The maximum absolute atomic E-state index is 12.4. The van der Waals surface area contributed by atoms with Crippen LogP contribution in [0.3, 0.4) is 0 Å². The topological polar surface area (TPSA) is 82.0 Å². The highest BCUT2D eigenvalue weighted by Gasteiger charge is 2.38. The van der Waals surface area contributed by atoms with Crippen molar-refractivity contribution in [2.45, 2.75) is 13.1 Å². The zero-order chi connectivity index (χ0) is 16.6. The van der Waals surface area contributed by atoms with E-state index in [9.17, 15) is 18.0 Å². The van der Waals surface area contributed by atoms with E-state index in [1.165, 1.54) is 30.3 Å². The number of aryl methyl sites for hydroxylation is 1. The van der Waals surface area contributed by atoms with Crippen molar-refractivity contribution in [3.8, 4) is 11.4 Å². The molecule has 0 unspecified atom stereocenters. The molecule has 0 spiro atoms. The van der Waals surface area contributed by atoms with Gasteiger partial charge in [-0.1, -0.05) is 34.6 Å². The van der Waals surface area contributed by atoms with Crippen LogP contribution >= 0.6 is 0 Å². The highest BCUT2D eigenvalue weighted by Crippen LogP contribution is 2.29. The highest BCUT2D eigenvalue weighted by atomic mass is 19.4. The number of aromatic nitrogens is 3. The first kappa shape index (κ1) is 14.9. The Labute approximate surface area is 126 Å². The SMILES string of the molecule is Cc1cc(C(=O)c2ccc(-c3noc(C(F)(F)F)n3)cc2)on1. The van der Waals surface area contributed by atoms with E-state index in [-0.39, 0.29) is 22.9 Å². The maximum atomic E-state index is 12.4. The molecule has 2 aromatic heterocycles. The minimum absolute atomic E-state index is 0.0779. The number of alkyl halides is 3. The zero-order valence-corrected chi connectivity index (χ0v) is 11.6. The first-order valence-corrected chi connectivity index (χ1v) is 6.34. The fourth-order valence-electron chi connectivity index (χ4n) is 1.84. The Hall–Kier alpha value is -2.97. The molecule has 0 aliphatic heterocycles. The summed E-state index contributed by atoms with van der Waals surface area (Å²) in [4.78, 5) is 15.4. The molecule has 6 nitrogen and oxygen atoms in total. The van der Waals surface area contributed by atoms with Crippen molar-refractivity contribution in [3.05, 3.63) is 53.2 Å². The van der Waals surface area contributed by atoms with Crippen LogP contribution in [0, 0.1) is 6.92 Å². The lowest BCUT2D eigenvalue weighted by Crippen LogP contribution is -2.04. The molecule has 0 aliphatic rings.